The average molecular weight is 253 g/mol. The molecule has 0 atom stereocenters. The first-order valence-corrected chi connectivity index (χ1v) is 7.24. The Morgan fingerprint density at radius 2 is 2.29 bits per heavy atom. The van der Waals surface area contributed by atoms with E-state index >= 15 is 0 Å². The SMILES string of the molecule is CCc1nc(COC(=O)CC2CCCC2)cs1. The van der Waals surface area contributed by atoms with E-state index in [9.17, 15) is 4.79 Å². The van der Waals surface area contributed by atoms with Crippen LogP contribution in [0.2, 0.25) is 0 Å². The van der Waals surface area contributed by atoms with Gasteiger partial charge in [0.15, 0.2) is 0 Å². The second kappa shape index (κ2) is 6.15. The van der Waals surface area contributed by atoms with E-state index in [1.165, 1.54) is 25.7 Å². The molecule has 0 unspecified atom stereocenters. The summed E-state index contributed by atoms with van der Waals surface area (Å²) < 4.78 is 5.25. The van der Waals surface area contributed by atoms with Gasteiger partial charge in [-0.25, -0.2) is 4.98 Å². The fourth-order valence-corrected chi connectivity index (χ4v) is 2.97. The highest BCUT2D eigenvalue weighted by Crippen LogP contribution is 2.27. The van der Waals surface area contributed by atoms with Crippen LogP contribution in [0.5, 0.6) is 0 Å². The lowest BCUT2D eigenvalue weighted by Gasteiger charge is -2.07. The summed E-state index contributed by atoms with van der Waals surface area (Å²) in [5.74, 6) is 0.493. The number of nitrogens with zero attached hydrogens (tertiary/aromatic N) is 1. The summed E-state index contributed by atoms with van der Waals surface area (Å²) in [4.78, 5) is 16.0. The lowest BCUT2D eigenvalue weighted by atomic mass is 10.0. The van der Waals surface area contributed by atoms with Crippen LogP contribution in [0.25, 0.3) is 0 Å². The minimum Gasteiger partial charge on any atom is -0.459 e. The predicted octanol–water partition coefficient (Wildman–Crippen LogP) is 3.33. The number of carbonyl (C=O) groups is 1. The molecule has 1 saturated carbocycles. The highest BCUT2D eigenvalue weighted by Gasteiger charge is 2.19. The summed E-state index contributed by atoms with van der Waals surface area (Å²) in [6.45, 7) is 2.41. The van der Waals surface area contributed by atoms with Gasteiger partial charge in [-0.1, -0.05) is 19.8 Å². The number of ether oxygens (including phenoxy) is 1. The second-order valence-corrected chi connectivity index (χ2v) is 5.54. The van der Waals surface area contributed by atoms with Crippen molar-refractivity contribution in [2.24, 2.45) is 5.92 Å². The summed E-state index contributed by atoms with van der Waals surface area (Å²) in [5.41, 5.74) is 0.881. The van der Waals surface area contributed by atoms with Gasteiger partial charge in [-0.05, 0) is 25.2 Å². The summed E-state index contributed by atoms with van der Waals surface area (Å²) in [6.07, 6.45) is 6.44. The molecule has 0 saturated heterocycles. The predicted molar refractivity (Wildman–Crippen MR) is 67.9 cm³/mol. The van der Waals surface area contributed by atoms with E-state index in [-0.39, 0.29) is 5.97 Å². The molecule has 0 amide bonds. The third-order valence-electron chi connectivity index (χ3n) is 3.21. The van der Waals surface area contributed by atoms with Crippen molar-refractivity contribution in [1.29, 1.82) is 0 Å². The van der Waals surface area contributed by atoms with Gasteiger partial charge < -0.3 is 4.74 Å². The zero-order valence-corrected chi connectivity index (χ0v) is 11.1. The quantitative estimate of drug-likeness (QED) is 0.756. The van der Waals surface area contributed by atoms with Crippen molar-refractivity contribution in [2.75, 3.05) is 0 Å². The fraction of sp³-hybridized carbons (Fsp3) is 0.692. The molecular weight excluding hydrogens is 234 g/mol. The van der Waals surface area contributed by atoms with Crippen molar-refractivity contribution in [3.63, 3.8) is 0 Å². The molecule has 94 valence electrons. The van der Waals surface area contributed by atoms with Crippen LogP contribution in [0, 0.1) is 5.92 Å². The third-order valence-corrected chi connectivity index (χ3v) is 4.25. The maximum absolute atomic E-state index is 11.6. The molecule has 17 heavy (non-hydrogen) atoms. The summed E-state index contributed by atoms with van der Waals surface area (Å²) in [6, 6.07) is 0. The molecule has 2 rings (SSSR count). The van der Waals surface area contributed by atoms with Crippen molar-refractivity contribution in [2.45, 2.75) is 52.1 Å². The van der Waals surface area contributed by atoms with Crippen LogP contribution >= 0.6 is 11.3 Å². The first kappa shape index (κ1) is 12.6. The number of hydrogen-bond donors (Lipinski definition) is 0. The van der Waals surface area contributed by atoms with Crippen LogP contribution in [0.15, 0.2) is 5.38 Å². The van der Waals surface area contributed by atoms with E-state index in [4.69, 9.17) is 4.74 Å². The van der Waals surface area contributed by atoms with Crippen LogP contribution < -0.4 is 0 Å². The normalized spacial score (nSPS) is 16.3. The van der Waals surface area contributed by atoms with Crippen LogP contribution in [-0.2, 0) is 22.6 Å². The Labute approximate surface area is 106 Å². The molecule has 0 bridgehead atoms. The molecule has 1 heterocycles. The summed E-state index contributed by atoms with van der Waals surface area (Å²) >= 11 is 1.63. The van der Waals surface area contributed by atoms with Gasteiger partial charge in [0.1, 0.15) is 6.61 Å². The topological polar surface area (TPSA) is 39.2 Å². The molecule has 0 N–H and O–H groups in total. The molecule has 0 aliphatic heterocycles. The Morgan fingerprint density at radius 1 is 1.53 bits per heavy atom. The summed E-state index contributed by atoms with van der Waals surface area (Å²) in [7, 11) is 0. The van der Waals surface area contributed by atoms with E-state index in [1.807, 2.05) is 5.38 Å². The van der Waals surface area contributed by atoms with Crippen LogP contribution in [-0.4, -0.2) is 11.0 Å². The zero-order valence-electron chi connectivity index (χ0n) is 10.3. The lowest BCUT2D eigenvalue weighted by Crippen LogP contribution is -2.09. The maximum atomic E-state index is 11.6. The van der Waals surface area contributed by atoms with E-state index < -0.39 is 0 Å². The van der Waals surface area contributed by atoms with E-state index in [2.05, 4.69) is 11.9 Å². The molecule has 1 fully saturated rings. The molecule has 1 aromatic rings. The second-order valence-electron chi connectivity index (χ2n) is 4.60. The van der Waals surface area contributed by atoms with Gasteiger partial charge in [0.05, 0.1) is 10.7 Å². The Morgan fingerprint density at radius 3 is 2.94 bits per heavy atom. The molecule has 4 heteroatoms. The molecule has 1 aliphatic rings. The van der Waals surface area contributed by atoms with Gasteiger partial charge in [-0.15, -0.1) is 11.3 Å². The number of aromatic nitrogens is 1. The van der Waals surface area contributed by atoms with Gasteiger partial charge >= 0.3 is 5.97 Å². The highest BCUT2D eigenvalue weighted by molar-refractivity contribution is 7.09. The van der Waals surface area contributed by atoms with E-state index in [0.29, 0.717) is 18.9 Å². The number of esters is 1. The molecule has 1 aliphatic carbocycles. The number of hydrogen-bond acceptors (Lipinski definition) is 4. The standard InChI is InChI=1S/C13H19NO2S/c1-2-12-14-11(9-17-12)8-16-13(15)7-10-5-3-4-6-10/h9-10H,2-8H2,1H3. The minimum atomic E-state index is -0.0667. The molecule has 0 aromatic carbocycles. The van der Waals surface area contributed by atoms with Crippen molar-refractivity contribution in [1.82, 2.24) is 4.98 Å². The van der Waals surface area contributed by atoms with Gasteiger partial charge in [0.25, 0.3) is 0 Å². The fourth-order valence-electron chi connectivity index (χ4n) is 2.24. The average Bonchev–Trinajstić information content (AvgIpc) is 2.96. The third kappa shape index (κ3) is 3.80. The molecule has 3 nitrogen and oxygen atoms in total. The van der Waals surface area contributed by atoms with Crippen molar-refractivity contribution in [3.05, 3.63) is 16.1 Å². The molecule has 1 aromatic heterocycles. The Balaban J connectivity index is 1.71. The largest absolute Gasteiger partial charge is 0.459 e. The van der Waals surface area contributed by atoms with Crippen LogP contribution in [0.1, 0.15) is 49.7 Å². The zero-order chi connectivity index (χ0) is 12.1. The smallest absolute Gasteiger partial charge is 0.306 e. The van der Waals surface area contributed by atoms with Crippen molar-refractivity contribution < 1.29 is 9.53 Å². The van der Waals surface area contributed by atoms with E-state index in [0.717, 1.165) is 17.1 Å². The Kier molecular flexibility index (Phi) is 4.54. The number of rotatable bonds is 5. The first-order chi connectivity index (χ1) is 8.28. The highest BCUT2D eigenvalue weighted by atomic mass is 32.1. The van der Waals surface area contributed by atoms with Crippen LogP contribution in [0.4, 0.5) is 0 Å². The molecule has 0 radical (unpaired) electrons. The van der Waals surface area contributed by atoms with Gasteiger partial charge in [0.2, 0.25) is 0 Å². The maximum Gasteiger partial charge on any atom is 0.306 e. The molecular formula is C13H19NO2S. The monoisotopic (exact) mass is 253 g/mol. The number of carbonyl (C=O) groups excluding carboxylic acids is 1. The van der Waals surface area contributed by atoms with Gasteiger partial charge in [-0.2, -0.15) is 0 Å². The van der Waals surface area contributed by atoms with Crippen LogP contribution in [0.3, 0.4) is 0 Å². The van der Waals surface area contributed by atoms with Crippen molar-refractivity contribution >= 4 is 17.3 Å². The first-order valence-electron chi connectivity index (χ1n) is 6.37. The lowest BCUT2D eigenvalue weighted by molar-refractivity contribution is -0.146. The van der Waals surface area contributed by atoms with Gasteiger partial charge in [-0.3, -0.25) is 4.79 Å². The van der Waals surface area contributed by atoms with E-state index in [1.54, 1.807) is 11.3 Å². The number of thiazole rings is 1. The van der Waals surface area contributed by atoms with Gasteiger partial charge in [0, 0.05) is 11.8 Å². The van der Waals surface area contributed by atoms with Crippen molar-refractivity contribution in [3.8, 4) is 0 Å². The summed E-state index contributed by atoms with van der Waals surface area (Å²) in [5, 5.41) is 3.08. The minimum absolute atomic E-state index is 0.0667. The molecule has 0 spiro atoms. The number of aryl methyl sites for hydroxylation is 1. The Bertz CT molecular complexity index is 369. The Hall–Kier alpha value is -0.900.